The first kappa shape index (κ1) is 25.1. The molecule has 154 valence electrons. The predicted molar refractivity (Wildman–Crippen MR) is 106 cm³/mol. The van der Waals surface area contributed by atoms with Gasteiger partial charge in [0.1, 0.15) is 6.04 Å². The van der Waals surface area contributed by atoms with Gasteiger partial charge in [-0.2, -0.15) is 0 Å². The molecule has 0 radical (unpaired) electrons. The molecule has 0 aromatic heterocycles. The molecule has 0 unspecified atom stereocenters. The number of halogens is 1. The summed E-state index contributed by atoms with van der Waals surface area (Å²) in [5.41, 5.74) is 0.971. The van der Waals surface area contributed by atoms with Gasteiger partial charge in [0.2, 0.25) is 5.91 Å². The molecule has 5 N–H and O–H groups in total. The standard InChI is InChI=1S/C18H30N4O4.ClH/c1-12(2)16(21-18(25)26-4)17(24)20-14(15(23)11-22(3)19)10-13-8-6-5-7-9-13;/h5-9,12,14-16,23H,10-11,19H2,1-4H3,(H,20,24)(H,21,25);1H/t14-,15-,16-;/m0./s1. The number of alkyl carbamates (subject to hydrolysis) is 1. The third-order valence-electron chi connectivity index (χ3n) is 3.97. The number of amides is 2. The number of nitrogens with zero attached hydrogens (tertiary/aromatic N) is 1. The van der Waals surface area contributed by atoms with Crippen LogP contribution < -0.4 is 16.5 Å². The molecule has 0 bridgehead atoms. The molecule has 1 aromatic rings. The average Bonchev–Trinajstić information content (AvgIpc) is 2.58. The number of carbonyl (C=O) groups excluding carboxylic acids is 2. The van der Waals surface area contributed by atoms with E-state index < -0.39 is 24.3 Å². The fraction of sp³-hybridized carbons (Fsp3) is 0.556. The maximum absolute atomic E-state index is 12.7. The molecule has 3 atom stereocenters. The molecular weight excluding hydrogens is 372 g/mol. The number of likely N-dealkylation sites (N-methyl/N-ethyl adjacent to an activating group) is 1. The van der Waals surface area contributed by atoms with E-state index in [0.717, 1.165) is 5.56 Å². The molecule has 0 saturated carbocycles. The Labute approximate surface area is 166 Å². The van der Waals surface area contributed by atoms with Crippen molar-refractivity contribution in [3.05, 3.63) is 35.9 Å². The van der Waals surface area contributed by atoms with E-state index in [1.165, 1.54) is 12.1 Å². The maximum atomic E-state index is 12.7. The summed E-state index contributed by atoms with van der Waals surface area (Å²) in [5.74, 6) is 5.10. The van der Waals surface area contributed by atoms with Crippen molar-refractivity contribution in [2.24, 2.45) is 11.8 Å². The van der Waals surface area contributed by atoms with Gasteiger partial charge in [0.25, 0.3) is 0 Å². The number of nitrogens with two attached hydrogens (primary N) is 1. The van der Waals surface area contributed by atoms with Gasteiger partial charge in [0.15, 0.2) is 0 Å². The van der Waals surface area contributed by atoms with Crippen LogP contribution >= 0.6 is 12.4 Å². The molecule has 9 heteroatoms. The van der Waals surface area contributed by atoms with Gasteiger partial charge in [-0.1, -0.05) is 44.2 Å². The quantitative estimate of drug-likeness (QED) is 0.356. The van der Waals surface area contributed by atoms with Crippen LogP contribution in [0.25, 0.3) is 0 Å². The zero-order valence-corrected chi connectivity index (χ0v) is 17.0. The van der Waals surface area contributed by atoms with Gasteiger partial charge in [-0.15, -0.1) is 12.4 Å². The number of hydrogen-bond donors (Lipinski definition) is 4. The Morgan fingerprint density at radius 1 is 1.22 bits per heavy atom. The van der Waals surface area contributed by atoms with Crippen LogP contribution in [0.2, 0.25) is 0 Å². The van der Waals surface area contributed by atoms with E-state index in [9.17, 15) is 14.7 Å². The average molecular weight is 403 g/mol. The van der Waals surface area contributed by atoms with Crippen molar-refractivity contribution in [3.63, 3.8) is 0 Å². The summed E-state index contributed by atoms with van der Waals surface area (Å²) in [6.07, 6.45) is -1.12. The largest absolute Gasteiger partial charge is 0.453 e. The van der Waals surface area contributed by atoms with Crippen molar-refractivity contribution in [2.45, 2.75) is 38.5 Å². The third kappa shape index (κ3) is 9.05. The SMILES string of the molecule is COC(=O)N[C@H](C(=O)N[C@@H](Cc1ccccc1)[C@@H](O)CN(C)N)C(C)C.Cl. The first-order valence-electron chi connectivity index (χ1n) is 8.57. The molecule has 0 aliphatic rings. The second-order valence-electron chi connectivity index (χ2n) is 6.67. The Hall–Kier alpha value is -1.87. The zero-order chi connectivity index (χ0) is 19.7. The number of methoxy groups -OCH3 is 1. The highest BCUT2D eigenvalue weighted by molar-refractivity contribution is 5.86. The molecular formula is C18H31ClN4O4. The highest BCUT2D eigenvalue weighted by Gasteiger charge is 2.29. The molecule has 27 heavy (non-hydrogen) atoms. The van der Waals surface area contributed by atoms with Crippen LogP contribution in [0.1, 0.15) is 19.4 Å². The van der Waals surface area contributed by atoms with E-state index in [2.05, 4.69) is 15.4 Å². The van der Waals surface area contributed by atoms with Crippen LogP contribution in [0.4, 0.5) is 4.79 Å². The lowest BCUT2D eigenvalue weighted by Crippen LogP contribution is -2.56. The second kappa shape index (κ2) is 12.5. The molecule has 2 amide bonds. The van der Waals surface area contributed by atoms with Gasteiger partial charge >= 0.3 is 6.09 Å². The van der Waals surface area contributed by atoms with Crippen molar-refractivity contribution < 1.29 is 19.4 Å². The highest BCUT2D eigenvalue weighted by Crippen LogP contribution is 2.09. The number of benzene rings is 1. The van der Waals surface area contributed by atoms with Gasteiger partial charge in [-0.25, -0.2) is 9.80 Å². The number of nitrogens with one attached hydrogen (secondary N) is 2. The Kier molecular flexibility index (Phi) is 11.6. The lowest BCUT2D eigenvalue weighted by molar-refractivity contribution is -0.125. The second-order valence-corrected chi connectivity index (χ2v) is 6.67. The number of rotatable bonds is 9. The summed E-state index contributed by atoms with van der Waals surface area (Å²) in [7, 11) is 2.88. The number of hydrazine groups is 1. The van der Waals surface area contributed by atoms with Gasteiger partial charge in [0.05, 0.1) is 19.3 Å². The van der Waals surface area contributed by atoms with Gasteiger partial charge in [-0.3, -0.25) is 10.6 Å². The van der Waals surface area contributed by atoms with Crippen molar-refractivity contribution in [3.8, 4) is 0 Å². The third-order valence-corrected chi connectivity index (χ3v) is 3.97. The number of aliphatic hydroxyl groups is 1. The van der Waals surface area contributed by atoms with Gasteiger partial charge in [0, 0.05) is 13.6 Å². The van der Waals surface area contributed by atoms with Crippen molar-refractivity contribution in [1.29, 1.82) is 0 Å². The molecule has 0 fully saturated rings. The Bertz CT molecular complexity index is 572. The lowest BCUT2D eigenvalue weighted by atomic mass is 9.98. The van der Waals surface area contributed by atoms with Crippen LogP contribution in [0.15, 0.2) is 30.3 Å². The van der Waals surface area contributed by atoms with Crippen LogP contribution in [0.5, 0.6) is 0 Å². The summed E-state index contributed by atoms with van der Waals surface area (Å²) < 4.78 is 4.58. The number of carbonyl (C=O) groups is 2. The first-order chi connectivity index (χ1) is 12.2. The molecule has 0 aliphatic carbocycles. The molecule has 8 nitrogen and oxygen atoms in total. The van der Waals surface area contributed by atoms with Crippen LogP contribution in [-0.2, 0) is 16.0 Å². The Morgan fingerprint density at radius 2 is 1.81 bits per heavy atom. The molecule has 0 heterocycles. The van der Waals surface area contributed by atoms with Gasteiger partial charge in [-0.05, 0) is 17.9 Å². The number of ether oxygens (including phenoxy) is 1. The predicted octanol–water partition coefficient (Wildman–Crippen LogP) is 0.683. The zero-order valence-electron chi connectivity index (χ0n) is 16.2. The van der Waals surface area contributed by atoms with E-state index in [4.69, 9.17) is 5.84 Å². The minimum atomic E-state index is -0.875. The summed E-state index contributed by atoms with van der Waals surface area (Å²) in [5, 5.41) is 17.2. The Morgan fingerprint density at radius 3 is 2.30 bits per heavy atom. The summed E-state index contributed by atoms with van der Waals surface area (Å²) in [6, 6.07) is 8.20. The van der Waals surface area contributed by atoms with E-state index in [0.29, 0.717) is 6.42 Å². The summed E-state index contributed by atoms with van der Waals surface area (Å²) in [4.78, 5) is 24.2. The first-order valence-corrected chi connectivity index (χ1v) is 8.57. The van der Waals surface area contributed by atoms with Crippen LogP contribution in [0.3, 0.4) is 0 Å². The lowest BCUT2D eigenvalue weighted by Gasteiger charge is -2.29. The summed E-state index contributed by atoms with van der Waals surface area (Å²) in [6.45, 7) is 3.82. The van der Waals surface area contributed by atoms with E-state index in [1.54, 1.807) is 7.05 Å². The number of aliphatic hydroxyl groups excluding tert-OH is 1. The molecule has 0 saturated heterocycles. The fourth-order valence-electron chi connectivity index (χ4n) is 2.57. The minimum Gasteiger partial charge on any atom is -0.453 e. The van der Waals surface area contributed by atoms with Gasteiger partial charge < -0.3 is 20.5 Å². The molecule has 0 spiro atoms. The van der Waals surface area contributed by atoms with Crippen LogP contribution in [-0.4, -0.2) is 61.0 Å². The monoisotopic (exact) mass is 402 g/mol. The van der Waals surface area contributed by atoms with Crippen molar-refractivity contribution >= 4 is 24.4 Å². The van der Waals surface area contributed by atoms with Crippen molar-refractivity contribution in [2.75, 3.05) is 20.7 Å². The number of hydrogen-bond acceptors (Lipinski definition) is 6. The summed E-state index contributed by atoms with van der Waals surface area (Å²) >= 11 is 0. The Balaban J connectivity index is 0.00000676. The minimum absolute atomic E-state index is 0. The smallest absolute Gasteiger partial charge is 0.407 e. The van der Waals surface area contributed by atoms with E-state index in [-0.39, 0.29) is 30.8 Å². The normalized spacial score (nSPS) is 14.1. The highest BCUT2D eigenvalue weighted by atomic mass is 35.5. The van der Waals surface area contributed by atoms with Crippen molar-refractivity contribution in [1.82, 2.24) is 15.6 Å². The molecule has 1 aromatic carbocycles. The van der Waals surface area contributed by atoms with E-state index >= 15 is 0 Å². The fourth-order valence-corrected chi connectivity index (χ4v) is 2.57. The topological polar surface area (TPSA) is 117 Å². The van der Waals surface area contributed by atoms with Crippen LogP contribution in [0, 0.1) is 5.92 Å². The molecule has 0 aliphatic heterocycles. The van der Waals surface area contributed by atoms with E-state index in [1.807, 2.05) is 44.2 Å². The molecule has 1 rings (SSSR count). The maximum Gasteiger partial charge on any atom is 0.407 e.